The molecule has 0 aliphatic carbocycles. The Morgan fingerprint density at radius 1 is 1.29 bits per heavy atom. The minimum absolute atomic E-state index is 0.339. The number of ether oxygens (including phenoxy) is 1. The number of aliphatic hydroxyl groups excluding tert-OH is 3. The first-order valence-corrected chi connectivity index (χ1v) is 6.92. The van der Waals surface area contributed by atoms with Crippen LogP contribution in [0.25, 0.3) is 11.8 Å². The van der Waals surface area contributed by atoms with E-state index in [0.29, 0.717) is 5.70 Å². The molecule has 3 N–H and O–H groups in total. The molecule has 0 spiro atoms. The van der Waals surface area contributed by atoms with Crippen LogP contribution < -0.4 is 0 Å². The van der Waals surface area contributed by atoms with Gasteiger partial charge in [-0.1, -0.05) is 30.3 Å². The van der Waals surface area contributed by atoms with Gasteiger partial charge in [0, 0.05) is 17.5 Å². The molecule has 1 saturated heterocycles. The van der Waals surface area contributed by atoms with Gasteiger partial charge in [-0.05, 0) is 18.6 Å². The first-order valence-electron chi connectivity index (χ1n) is 6.92. The second kappa shape index (κ2) is 5.27. The normalized spacial score (nSPS) is 31.6. The third-order valence-electron chi connectivity index (χ3n) is 4.04. The molecule has 3 rings (SSSR count). The fraction of sp³-hybridized carbons (Fsp3) is 0.375. The summed E-state index contributed by atoms with van der Waals surface area (Å²) in [4.78, 5) is 1.70. The van der Waals surface area contributed by atoms with E-state index in [9.17, 15) is 10.2 Å². The first-order chi connectivity index (χ1) is 10.0. The van der Waals surface area contributed by atoms with Crippen molar-refractivity contribution >= 4 is 11.8 Å². The molecular weight excluding hydrogens is 270 g/mol. The molecule has 1 aromatic rings. The van der Waals surface area contributed by atoms with Crippen LogP contribution in [0.1, 0.15) is 16.7 Å². The maximum atomic E-state index is 10.1. The maximum Gasteiger partial charge on any atom is 0.163 e. The van der Waals surface area contributed by atoms with E-state index in [4.69, 9.17) is 9.84 Å². The number of hydrogen-bond acceptors (Lipinski definition) is 5. The summed E-state index contributed by atoms with van der Waals surface area (Å²) in [6, 6.07) is 6.04. The van der Waals surface area contributed by atoms with Crippen molar-refractivity contribution in [1.82, 2.24) is 4.90 Å². The average Bonchev–Trinajstić information content (AvgIpc) is 2.75. The zero-order chi connectivity index (χ0) is 15.1. The summed E-state index contributed by atoms with van der Waals surface area (Å²) >= 11 is 0. The number of aryl methyl sites for hydroxylation is 1. The van der Waals surface area contributed by atoms with Gasteiger partial charge in [0.15, 0.2) is 6.23 Å². The highest BCUT2D eigenvalue weighted by Crippen LogP contribution is 2.34. The summed E-state index contributed by atoms with van der Waals surface area (Å²) < 4.78 is 5.55. The third-order valence-corrected chi connectivity index (χ3v) is 4.04. The van der Waals surface area contributed by atoms with Gasteiger partial charge in [0.25, 0.3) is 0 Å². The second-order valence-corrected chi connectivity index (χ2v) is 5.49. The van der Waals surface area contributed by atoms with Crippen LogP contribution >= 0.6 is 0 Å². The lowest BCUT2D eigenvalue weighted by Gasteiger charge is -2.34. The monoisotopic (exact) mass is 289 g/mol. The van der Waals surface area contributed by atoms with Gasteiger partial charge in [-0.2, -0.15) is 0 Å². The number of hydrogen-bond donors (Lipinski definition) is 3. The molecule has 21 heavy (non-hydrogen) atoms. The SMILES string of the molecule is C=C1c2ccc(C)cc2C=CN1[C@@H]1O[C@H](CO)C(O)[C@@H]1O. The quantitative estimate of drug-likeness (QED) is 0.747. The molecule has 2 aliphatic rings. The van der Waals surface area contributed by atoms with Crippen LogP contribution in [0.4, 0.5) is 0 Å². The predicted molar refractivity (Wildman–Crippen MR) is 78.8 cm³/mol. The fourth-order valence-corrected chi connectivity index (χ4v) is 2.82. The van der Waals surface area contributed by atoms with E-state index in [2.05, 4.69) is 12.6 Å². The number of aliphatic hydroxyl groups is 3. The topological polar surface area (TPSA) is 73.2 Å². The number of rotatable bonds is 2. The highest BCUT2D eigenvalue weighted by molar-refractivity contribution is 5.77. The zero-order valence-electron chi connectivity index (χ0n) is 11.8. The van der Waals surface area contributed by atoms with Crippen molar-refractivity contribution in [3.05, 3.63) is 47.7 Å². The molecule has 1 aromatic carbocycles. The van der Waals surface area contributed by atoms with Crippen LogP contribution in [-0.4, -0.2) is 51.4 Å². The van der Waals surface area contributed by atoms with Crippen LogP contribution in [-0.2, 0) is 4.74 Å². The van der Waals surface area contributed by atoms with Crippen molar-refractivity contribution in [3.63, 3.8) is 0 Å². The van der Waals surface area contributed by atoms with Crippen molar-refractivity contribution in [1.29, 1.82) is 0 Å². The lowest BCUT2D eigenvalue weighted by atomic mass is 9.98. The van der Waals surface area contributed by atoms with E-state index in [-0.39, 0.29) is 6.61 Å². The minimum atomic E-state index is -1.11. The Morgan fingerprint density at radius 3 is 2.71 bits per heavy atom. The number of fused-ring (bicyclic) bond motifs is 1. The van der Waals surface area contributed by atoms with E-state index < -0.39 is 24.5 Å². The summed E-state index contributed by atoms with van der Waals surface area (Å²) in [5, 5.41) is 29.1. The lowest BCUT2D eigenvalue weighted by molar-refractivity contribution is -0.0613. The van der Waals surface area contributed by atoms with E-state index in [0.717, 1.165) is 16.7 Å². The van der Waals surface area contributed by atoms with Crippen LogP contribution in [0.2, 0.25) is 0 Å². The van der Waals surface area contributed by atoms with Gasteiger partial charge in [-0.25, -0.2) is 0 Å². The Kier molecular flexibility index (Phi) is 3.59. The Hall–Kier alpha value is -1.66. The summed E-state index contributed by atoms with van der Waals surface area (Å²) in [6.45, 7) is 5.75. The summed E-state index contributed by atoms with van der Waals surface area (Å²) in [5.41, 5.74) is 3.87. The Balaban J connectivity index is 1.89. The molecule has 2 aliphatic heterocycles. The molecule has 0 saturated carbocycles. The Labute approximate surface area is 123 Å². The van der Waals surface area contributed by atoms with Crippen molar-refractivity contribution in [2.24, 2.45) is 0 Å². The molecular formula is C16H19NO4. The number of nitrogens with zero attached hydrogens (tertiary/aromatic N) is 1. The third kappa shape index (κ3) is 2.28. The zero-order valence-corrected chi connectivity index (χ0v) is 11.8. The van der Waals surface area contributed by atoms with Crippen LogP contribution in [0, 0.1) is 6.92 Å². The van der Waals surface area contributed by atoms with Crippen molar-refractivity contribution in [2.45, 2.75) is 31.5 Å². The van der Waals surface area contributed by atoms with Crippen LogP contribution in [0.3, 0.4) is 0 Å². The molecule has 1 fully saturated rings. The number of benzene rings is 1. The second-order valence-electron chi connectivity index (χ2n) is 5.49. The van der Waals surface area contributed by atoms with Gasteiger partial charge in [-0.15, -0.1) is 0 Å². The van der Waals surface area contributed by atoms with Gasteiger partial charge >= 0.3 is 0 Å². The van der Waals surface area contributed by atoms with E-state index >= 15 is 0 Å². The molecule has 0 amide bonds. The van der Waals surface area contributed by atoms with Crippen molar-refractivity contribution in [3.8, 4) is 0 Å². The van der Waals surface area contributed by atoms with Gasteiger partial charge in [0.2, 0.25) is 0 Å². The summed E-state index contributed by atoms with van der Waals surface area (Å²) in [7, 11) is 0. The molecule has 5 heteroatoms. The highest BCUT2D eigenvalue weighted by Gasteiger charge is 2.45. The standard InChI is InChI=1S/C16H19NO4/c1-9-3-4-12-10(2)17(6-5-11(12)7-9)16-15(20)14(19)13(8-18)21-16/h3-7,13-16,18-20H,2,8H2,1H3/t13-,14?,15+,16-/m1/s1. The molecule has 5 nitrogen and oxygen atoms in total. The van der Waals surface area contributed by atoms with Gasteiger partial charge in [-0.3, -0.25) is 0 Å². The summed E-state index contributed by atoms with van der Waals surface area (Å²) in [6.07, 6.45) is -0.0481. The van der Waals surface area contributed by atoms with Crippen molar-refractivity contribution < 1.29 is 20.1 Å². The molecule has 0 aromatic heterocycles. The smallest absolute Gasteiger partial charge is 0.163 e. The van der Waals surface area contributed by atoms with E-state index in [1.807, 2.05) is 25.1 Å². The molecule has 0 radical (unpaired) electrons. The fourth-order valence-electron chi connectivity index (χ4n) is 2.82. The molecule has 112 valence electrons. The average molecular weight is 289 g/mol. The van der Waals surface area contributed by atoms with Gasteiger partial charge < -0.3 is 25.0 Å². The van der Waals surface area contributed by atoms with Crippen molar-refractivity contribution in [2.75, 3.05) is 6.61 Å². The van der Waals surface area contributed by atoms with Crippen LogP contribution in [0.15, 0.2) is 31.0 Å². The van der Waals surface area contributed by atoms with E-state index in [1.54, 1.807) is 11.1 Å². The predicted octanol–water partition coefficient (Wildman–Crippen LogP) is 0.691. The highest BCUT2D eigenvalue weighted by atomic mass is 16.6. The lowest BCUT2D eigenvalue weighted by Crippen LogP contribution is -2.41. The van der Waals surface area contributed by atoms with Crippen LogP contribution in [0.5, 0.6) is 0 Å². The maximum absolute atomic E-state index is 10.1. The molecule has 0 bridgehead atoms. The first kappa shape index (κ1) is 14.3. The molecule has 2 heterocycles. The largest absolute Gasteiger partial charge is 0.394 e. The Bertz CT molecular complexity index is 598. The molecule has 4 atom stereocenters. The summed E-state index contributed by atoms with van der Waals surface area (Å²) in [5.74, 6) is 0. The molecule has 1 unspecified atom stereocenters. The Morgan fingerprint density at radius 2 is 2.05 bits per heavy atom. The van der Waals surface area contributed by atoms with Gasteiger partial charge in [0.05, 0.1) is 6.61 Å². The minimum Gasteiger partial charge on any atom is -0.394 e. The van der Waals surface area contributed by atoms with E-state index in [1.165, 1.54) is 0 Å². The van der Waals surface area contributed by atoms with Gasteiger partial charge in [0.1, 0.15) is 18.3 Å².